The molecule has 2 saturated heterocycles. The number of rotatable bonds is 4. The molecule has 0 radical (unpaired) electrons. The van der Waals surface area contributed by atoms with Crippen molar-refractivity contribution >= 4 is 58.7 Å². The monoisotopic (exact) mass is 503 g/mol. The molecule has 0 atom stereocenters. The summed E-state index contributed by atoms with van der Waals surface area (Å²) in [5, 5.41) is 2.75. The minimum atomic E-state index is -2.83. The molecule has 0 bridgehead atoms. The van der Waals surface area contributed by atoms with Crippen LogP contribution < -0.4 is 5.09 Å². The third-order valence-corrected chi connectivity index (χ3v) is 7.06. The molecular formula is C11H12I2N3O2P. The normalized spacial score (nSPS) is 19.3. The number of hydrogen-bond acceptors (Lipinski definition) is 2. The van der Waals surface area contributed by atoms with E-state index in [0.29, 0.717) is 5.56 Å². The highest BCUT2D eigenvalue weighted by Crippen LogP contribution is 2.56. The van der Waals surface area contributed by atoms with Crippen LogP contribution >= 0.6 is 52.8 Å². The minimum Gasteiger partial charge on any atom is -0.279 e. The van der Waals surface area contributed by atoms with Gasteiger partial charge < -0.3 is 0 Å². The number of amides is 1. The summed E-state index contributed by atoms with van der Waals surface area (Å²) in [6.45, 7) is 3.21. The minimum absolute atomic E-state index is 0.251. The fourth-order valence-corrected chi connectivity index (χ4v) is 6.07. The maximum Gasteiger partial charge on any atom is 0.311 e. The van der Waals surface area contributed by atoms with Crippen LogP contribution in [0.1, 0.15) is 10.4 Å². The number of halogens is 2. The molecule has 2 aliphatic heterocycles. The van der Waals surface area contributed by atoms with E-state index in [1.807, 2.05) is 27.5 Å². The van der Waals surface area contributed by atoms with Crippen molar-refractivity contribution in [1.82, 2.24) is 14.4 Å². The second-order valence-electron chi connectivity index (χ2n) is 4.55. The quantitative estimate of drug-likeness (QED) is 0.390. The standard InChI is InChI=1S/C11H12I2N3O2P/c12-9-5-8(6-10(13)7-9)11(17)14-19(18,15-1-2-15)16-3-4-16/h5-7H,1-4H2,(H,14,17,18). The van der Waals surface area contributed by atoms with Gasteiger partial charge in [-0.2, -0.15) is 0 Å². The largest absolute Gasteiger partial charge is 0.311 e. The molecule has 2 aliphatic rings. The van der Waals surface area contributed by atoms with Crippen molar-refractivity contribution < 1.29 is 9.36 Å². The lowest BCUT2D eigenvalue weighted by Crippen LogP contribution is -2.27. The summed E-state index contributed by atoms with van der Waals surface area (Å²) in [6, 6.07) is 5.62. The SMILES string of the molecule is O=C(NP(=O)(N1CC1)N1CC1)c1cc(I)cc(I)c1. The third kappa shape index (κ3) is 3.15. The van der Waals surface area contributed by atoms with Crippen molar-refractivity contribution in [1.29, 1.82) is 0 Å². The van der Waals surface area contributed by atoms with E-state index in [0.717, 1.165) is 33.3 Å². The molecular weight excluding hydrogens is 491 g/mol. The van der Waals surface area contributed by atoms with Crippen LogP contribution in [0.2, 0.25) is 0 Å². The van der Waals surface area contributed by atoms with Gasteiger partial charge in [-0.15, -0.1) is 0 Å². The fourth-order valence-electron chi connectivity index (χ4n) is 1.83. The second kappa shape index (κ2) is 5.25. The Morgan fingerprint density at radius 3 is 1.95 bits per heavy atom. The summed E-state index contributed by atoms with van der Waals surface area (Å²) in [5.74, 6) is -0.251. The lowest BCUT2D eigenvalue weighted by molar-refractivity contribution is 0.0977. The average Bonchev–Trinajstić information content (AvgIpc) is 3.15. The lowest BCUT2D eigenvalue weighted by atomic mass is 10.2. The zero-order chi connectivity index (χ0) is 13.6. The summed E-state index contributed by atoms with van der Waals surface area (Å²) in [5.41, 5.74) is 0.570. The highest BCUT2D eigenvalue weighted by Gasteiger charge is 2.49. The molecule has 19 heavy (non-hydrogen) atoms. The predicted molar refractivity (Wildman–Crippen MR) is 90.1 cm³/mol. The van der Waals surface area contributed by atoms with E-state index >= 15 is 0 Å². The van der Waals surface area contributed by atoms with Crippen molar-refractivity contribution in [2.24, 2.45) is 0 Å². The molecule has 1 aromatic rings. The Kier molecular flexibility index (Phi) is 3.94. The molecule has 1 N–H and O–H groups in total. The van der Waals surface area contributed by atoms with Crippen LogP contribution in [-0.4, -0.2) is 41.4 Å². The summed E-state index contributed by atoms with van der Waals surface area (Å²) < 4.78 is 18.5. The zero-order valence-corrected chi connectivity index (χ0v) is 15.2. The van der Waals surface area contributed by atoms with Crippen molar-refractivity contribution in [2.75, 3.05) is 26.2 Å². The average molecular weight is 503 g/mol. The van der Waals surface area contributed by atoms with Gasteiger partial charge in [0.15, 0.2) is 0 Å². The van der Waals surface area contributed by atoms with Gasteiger partial charge in [-0.25, -0.2) is 9.34 Å². The first kappa shape index (κ1) is 14.2. The van der Waals surface area contributed by atoms with Crippen molar-refractivity contribution in [3.63, 3.8) is 0 Å². The Balaban J connectivity index is 1.82. The zero-order valence-electron chi connectivity index (χ0n) is 9.97. The van der Waals surface area contributed by atoms with E-state index in [1.54, 1.807) is 0 Å². The summed E-state index contributed by atoms with van der Waals surface area (Å²) in [6.07, 6.45) is 0. The van der Waals surface area contributed by atoms with Gasteiger partial charge in [-0.05, 0) is 63.4 Å². The maximum atomic E-state index is 12.8. The molecule has 5 nitrogen and oxygen atoms in total. The number of carbonyl (C=O) groups is 1. The van der Waals surface area contributed by atoms with Crippen LogP contribution in [0, 0.1) is 7.14 Å². The Bertz CT molecular complexity index is 551. The molecule has 8 heteroatoms. The van der Waals surface area contributed by atoms with Gasteiger partial charge in [0.05, 0.1) is 0 Å². The third-order valence-electron chi connectivity index (χ3n) is 2.99. The van der Waals surface area contributed by atoms with Crippen LogP contribution in [0.4, 0.5) is 0 Å². The van der Waals surface area contributed by atoms with Crippen molar-refractivity contribution in [2.45, 2.75) is 0 Å². The number of carbonyl (C=O) groups excluding carboxylic acids is 1. The van der Waals surface area contributed by atoms with Crippen molar-refractivity contribution in [3.05, 3.63) is 30.9 Å². The Labute approximate surface area is 138 Å². The van der Waals surface area contributed by atoms with Crippen LogP contribution in [0.3, 0.4) is 0 Å². The topological polar surface area (TPSA) is 52.2 Å². The first-order valence-corrected chi connectivity index (χ1v) is 9.66. The van der Waals surface area contributed by atoms with Gasteiger partial charge in [0.2, 0.25) is 0 Å². The molecule has 0 aromatic heterocycles. The first-order chi connectivity index (χ1) is 8.99. The van der Waals surface area contributed by atoms with Gasteiger partial charge in [0.25, 0.3) is 5.91 Å². The van der Waals surface area contributed by atoms with Gasteiger partial charge in [0, 0.05) is 38.9 Å². The van der Waals surface area contributed by atoms with Crippen LogP contribution in [0.25, 0.3) is 0 Å². The summed E-state index contributed by atoms with van der Waals surface area (Å²) >= 11 is 4.36. The molecule has 0 unspecified atom stereocenters. The highest BCUT2D eigenvalue weighted by atomic mass is 127. The van der Waals surface area contributed by atoms with Crippen LogP contribution in [0.15, 0.2) is 18.2 Å². The summed E-state index contributed by atoms with van der Waals surface area (Å²) in [4.78, 5) is 12.3. The molecule has 3 rings (SSSR count). The molecule has 0 aliphatic carbocycles. The van der Waals surface area contributed by atoms with E-state index in [2.05, 4.69) is 50.3 Å². The Hall–Kier alpha value is 0.300. The second-order valence-corrected chi connectivity index (χ2v) is 9.48. The summed E-state index contributed by atoms with van der Waals surface area (Å²) in [7, 11) is -2.83. The predicted octanol–water partition coefficient (Wildman–Crippen LogP) is 2.36. The van der Waals surface area contributed by atoms with Crippen molar-refractivity contribution in [3.8, 4) is 0 Å². The molecule has 0 spiro atoms. The molecule has 0 saturated carbocycles. The fraction of sp³-hybridized carbons (Fsp3) is 0.364. The Morgan fingerprint density at radius 1 is 1.05 bits per heavy atom. The number of hydrogen-bond donors (Lipinski definition) is 1. The number of nitrogens with one attached hydrogen (secondary N) is 1. The molecule has 102 valence electrons. The lowest BCUT2D eigenvalue weighted by Gasteiger charge is -2.20. The molecule has 1 amide bonds. The van der Waals surface area contributed by atoms with Crippen LogP contribution in [-0.2, 0) is 4.57 Å². The Morgan fingerprint density at radius 2 is 1.53 bits per heavy atom. The van der Waals surface area contributed by atoms with Gasteiger partial charge in [-0.3, -0.25) is 14.4 Å². The molecule has 1 aromatic carbocycles. The van der Waals surface area contributed by atoms with E-state index in [9.17, 15) is 9.36 Å². The maximum absolute atomic E-state index is 12.8. The smallest absolute Gasteiger partial charge is 0.279 e. The van der Waals surface area contributed by atoms with E-state index in [4.69, 9.17) is 0 Å². The van der Waals surface area contributed by atoms with Gasteiger partial charge >= 0.3 is 7.59 Å². The number of benzene rings is 1. The van der Waals surface area contributed by atoms with Gasteiger partial charge in [0.1, 0.15) is 0 Å². The van der Waals surface area contributed by atoms with E-state index < -0.39 is 7.59 Å². The van der Waals surface area contributed by atoms with E-state index in [1.165, 1.54) is 0 Å². The van der Waals surface area contributed by atoms with Crippen LogP contribution in [0.5, 0.6) is 0 Å². The molecule has 2 heterocycles. The van der Waals surface area contributed by atoms with Gasteiger partial charge in [-0.1, -0.05) is 0 Å². The molecule has 2 fully saturated rings. The highest BCUT2D eigenvalue weighted by molar-refractivity contribution is 14.1. The number of nitrogens with zero attached hydrogens (tertiary/aromatic N) is 2. The van der Waals surface area contributed by atoms with E-state index in [-0.39, 0.29) is 5.91 Å². The first-order valence-electron chi connectivity index (χ1n) is 5.89.